The van der Waals surface area contributed by atoms with Crippen LogP contribution < -0.4 is 4.90 Å². The summed E-state index contributed by atoms with van der Waals surface area (Å²) in [6, 6.07) is 4.49. The first-order valence-corrected chi connectivity index (χ1v) is 10.3. The Morgan fingerprint density at radius 1 is 1.11 bits per heavy atom. The van der Waals surface area contributed by atoms with E-state index in [0.717, 1.165) is 62.0 Å². The van der Waals surface area contributed by atoms with E-state index in [0.29, 0.717) is 11.8 Å². The molecule has 0 bridgehead atoms. The third-order valence-electron chi connectivity index (χ3n) is 6.28. The number of anilines is 1. The van der Waals surface area contributed by atoms with Crippen LogP contribution in [0.25, 0.3) is 5.52 Å². The summed E-state index contributed by atoms with van der Waals surface area (Å²) in [6.07, 6.45) is 6.21. The molecule has 3 aromatic rings. The monoisotopic (exact) mass is 376 g/mol. The minimum absolute atomic E-state index is 0.327. The molecule has 1 saturated carbocycles. The zero-order valence-electron chi connectivity index (χ0n) is 16.1. The van der Waals surface area contributed by atoms with Gasteiger partial charge < -0.3 is 9.64 Å². The Bertz CT molecular complexity index is 1050. The number of imidazole rings is 1. The Balaban J connectivity index is 1.39. The van der Waals surface area contributed by atoms with Gasteiger partial charge in [-0.2, -0.15) is 5.10 Å². The molecular formula is C21H24N6O. The molecule has 0 aromatic carbocycles. The van der Waals surface area contributed by atoms with E-state index in [1.54, 1.807) is 6.33 Å². The molecule has 28 heavy (non-hydrogen) atoms. The third-order valence-corrected chi connectivity index (χ3v) is 6.28. The predicted molar refractivity (Wildman–Crippen MR) is 105 cm³/mol. The maximum atomic E-state index is 5.63. The summed E-state index contributed by atoms with van der Waals surface area (Å²) in [4.78, 5) is 16.9. The lowest BCUT2D eigenvalue weighted by Gasteiger charge is -2.30. The van der Waals surface area contributed by atoms with Crippen molar-refractivity contribution in [2.75, 3.05) is 24.7 Å². The number of rotatable bonds is 3. The molecule has 3 aromatic heterocycles. The maximum Gasteiger partial charge on any atom is 0.158 e. The Kier molecular flexibility index (Phi) is 3.66. The van der Waals surface area contributed by atoms with E-state index < -0.39 is 0 Å². The molecule has 0 N–H and O–H groups in total. The van der Waals surface area contributed by atoms with Gasteiger partial charge in [0.25, 0.3) is 0 Å². The van der Waals surface area contributed by atoms with Crippen molar-refractivity contribution in [3.05, 3.63) is 46.9 Å². The van der Waals surface area contributed by atoms with E-state index in [4.69, 9.17) is 19.7 Å². The number of fused-ring (bicyclic) bond motifs is 2. The van der Waals surface area contributed by atoms with Gasteiger partial charge in [0.15, 0.2) is 5.82 Å². The van der Waals surface area contributed by atoms with Crippen LogP contribution in [0.5, 0.6) is 0 Å². The van der Waals surface area contributed by atoms with Crippen LogP contribution in [-0.4, -0.2) is 44.3 Å². The van der Waals surface area contributed by atoms with Gasteiger partial charge in [-0.05, 0) is 37.8 Å². The summed E-state index contributed by atoms with van der Waals surface area (Å²) in [7, 11) is 0. The molecule has 7 heteroatoms. The normalized spacial score (nSPS) is 22.0. The average molecular weight is 376 g/mol. The Morgan fingerprint density at radius 3 is 2.86 bits per heavy atom. The van der Waals surface area contributed by atoms with Crippen molar-refractivity contribution in [3.8, 4) is 0 Å². The fourth-order valence-corrected chi connectivity index (χ4v) is 4.58. The van der Waals surface area contributed by atoms with Crippen molar-refractivity contribution < 1.29 is 4.74 Å². The lowest BCUT2D eigenvalue weighted by molar-refractivity contribution is 0.193. The largest absolute Gasteiger partial charge is 0.381 e. The third kappa shape index (κ3) is 2.60. The number of aromatic nitrogens is 5. The molecule has 1 atom stereocenters. The molecule has 144 valence electrons. The second kappa shape index (κ2) is 6.24. The zero-order valence-corrected chi connectivity index (χ0v) is 16.1. The molecule has 0 unspecified atom stereocenters. The van der Waals surface area contributed by atoms with Crippen molar-refractivity contribution in [1.29, 1.82) is 0 Å². The lowest BCUT2D eigenvalue weighted by Crippen LogP contribution is -2.32. The number of pyridine rings is 1. The van der Waals surface area contributed by atoms with Crippen molar-refractivity contribution in [3.63, 3.8) is 0 Å². The molecule has 0 spiro atoms. The number of hydrogen-bond donors (Lipinski definition) is 0. The minimum atomic E-state index is 0.327. The fraction of sp³-hybridized carbons (Fsp3) is 0.524. The number of aryl methyl sites for hydroxylation is 1. The van der Waals surface area contributed by atoms with E-state index in [1.807, 2.05) is 11.4 Å². The SMILES string of the molecule is Cc1nc([C@@H]2CCOC2)c2c(N3CCc4nc(C5CC5)ccc4C3)ncnn12. The van der Waals surface area contributed by atoms with Crippen molar-refractivity contribution in [2.45, 2.75) is 51.0 Å². The van der Waals surface area contributed by atoms with Gasteiger partial charge in [-0.15, -0.1) is 0 Å². The van der Waals surface area contributed by atoms with Gasteiger partial charge >= 0.3 is 0 Å². The molecule has 7 nitrogen and oxygen atoms in total. The molecule has 3 aliphatic rings. The number of nitrogens with zero attached hydrogens (tertiary/aromatic N) is 6. The van der Waals surface area contributed by atoms with Crippen molar-refractivity contribution in [2.24, 2.45) is 0 Å². The summed E-state index contributed by atoms with van der Waals surface area (Å²) >= 11 is 0. The van der Waals surface area contributed by atoms with Crippen LogP contribution in [0.15, 0.2) is 18.5 Å². The molecule has 1 aliphatic carbocycles. The molecule has 1 saturated heterocycles. The first kappa shape index (κ1) is 16.4. The van der Waals surface area contributed by atoms with E-state index >= 15 is 0 Å². The van der Waals surface area contributed by atoms with Crippen LogP contribution in [-0.2, 0) is 17.7 Å². The quantitative estimate of drug-likeness (QED) is 0.700. The van der Waals surface area contributed by atoms with Crippen LogP contribution in [0.4, 0.5) is 5.82 Å². The van der Waals surface area contributed by atoms with E-state index in [-0.39, 0.29) is 0 Å². The Hall–Kier alpha value is -2.54. The standard InChI is InChI=1S/C21H24N6O/c1-13-24-19(16-7-9-28-11-16)20-21(22-12-23-27(13)20)26-8-6-18-15(10-26)4-5-17(25-18)14-2-3-14/h4-5,12,14,16H,2-3,6-11H2,1H3/t16-/m1/s1. The molecule has 2 aliphatic heterocycles. The molecular weight excluding hydrogens is 352 g/mol. The van der Waals surface area contributed by atoms with Crippen molar-refractivity contribution >= 4 is 11.3 Å². The minimum Gasteiger partial charge on any atom is -0.381 e. The highest BCUT2D eigenvalue weighted by molar-refractivity contribution is 5.73. The van der Waals surface area contributed by atoms with Gasteiger partial charge in [0, 0.05) is 49.3 Å². The predicted octanol–water partition coefficient (Wildman–Crippen LogP) is 2.77. The molecule has 6 rings (SSSR count). The van der Waals surface area contributed by atoms with Crippen LogP contribution in [0.3, 0.4) is 0 Å². The van der Waals surface area contributed by atoms with Gasteiger partial charge in [-0.25, -0.2) is 14.5 Å². The highest BCUT2D eigenvalue weighted by atomic mass is 16.5. The first-order chi connectivity index (χ1) is 13.8. The van der Waals surface area contributed by atoms with E-state index in [1.165, 1.54) is 29.8 Å². The maximum absolute atomic E-state index is 5.63. The summed E-state index contributed by atoms with van der Waals surface area (Å²) < 4.78 is 7.57. The molecule has 0 amide bonds. The zero-order chi connectivity index (χ0) is 18.7. The first-order valence-electron chi connectivity index (χ1n) is 10.3. The number of hydrogen-bond acceptors (Lipinski definition) is 6. The van der Waals surface area contributed by atoms with Crippen LogP contribution >= 0.6 is 0 Å². The fourth-order valence-electron chi connectivity index (χ4n) is 4.58. The van der Waals surface area contributed by atoms with Gasteiger partial charge in [0.1, 0.15) is 17.7 Å². The van der Waals surface area contributed by atoms with E-state index in [2.05, 4.69) is 22.1 Å². The second-order valence-corrected chi connectivity index (χ2v) is 8.24. The van der Waals surface area contributed by atoms with Gasteiger partial charge in [-0.3, -0.25) is 4.98 Å². The highest BCUT2D eigenvalue weighted by Crippen LogP contribution is 2.40. The number of ether oxygens (including phenoxy) is 1. The highest BCUT2D eigenvalue weighted by Gasteiger charge is 2.30. The topological polar surface area (TPSA) is 68.4 Å². The summed E-state index contributed by atoms with van der Waals surface area (Å²) in [5.41, 5.74) is 5.99. The lowest BCUT2D eigenvalue weighted by atomic mass is 10.0. The summed E-state index contributed by atoms with van der Waals surface area (Å²) in [6.45, 7) is 5.31. The summed E-state index contributed by atoms with van der Waals surface area (Å²) in [5.74, 6) is 2.92. The second-order valence-electron chi connectivity index (χ2n) is 8.24. The van der Waals surface area contributed by atoms with Crippen molar-refractivity contribution in [1.82, 2.24) is 24.6 Å². The van der Waals surface area contributed by atoms with Gasteiger partial charge in [0.05, 0.1) is 12.3 Å². The molecule has 5 heterocycles. The molecule has 2 fully saturated rings. The van der Waals surface area contributed by atoms with Gasteiger partial charge in [-0.1, -0.05) is 6.07 Å². The summed E-state index contributed by atoms with van der Waals surface area (Å²) in [5, 5.41) is 4.47. The average Bonchev–Trinajstić information content (AvgIpc) is 3.33. The van der Waals surface area contributed by atoms with E-state index in [9.17, 15) is 0 Å². The van der Waals surface area contributed by atoms with Crippen LogP contribution in [0.1, 0.15) is 59.6 Å². The van der Waals surface area contributed by atoms with Crippen LogP contribution in [0, 0.1) is 6.92 Å². The molecule has 0 radical (unpaired) electrons. The van der Waals surface area contributed by atoms with Crippen LogP contribution in [0.2, 0.25) is 0 Å². The Labute approximate surface area is 163 Å². The smallest absolute Gasteiger partial charge is 0.158 e. The Morgan fingerprint density at radius 2 is 2.04 bits per heavy atom. The van der Waals surface area contributed by atoms with Gasteiger partial charge in [0.2, 0.25) is 0 Å².